The van der Waals surface area contributed by atoms with E-state index in [0.717, 1.165) is 31.1 Å². The van der Waals surface area contributed by atoms with Crippen LogP contribution in [0.15, 0.2) is 0 Å². The van der Waals surface area contributed by atoms with Crippen molar-refractivity contribution in [1.82, 2.24) is 4.90 Å². The van der Waals surface area contributed by atoms with Gasteiger partial charge in [-0.3, -0.25) is 4.79 Å². The second-order valence-corrected chi connectivity index (χ2v) is 6.15. The van der Waals surface area contributed by atoms with Crippen molar-refractivity contribution in [2.45, 2.75) is 64.8 Å². The molecule has 100 valence electrons. The molecule has 0 heterocycles. The van der Waals surface area contributed by atoms with Crippen LogP contribution in [0.1, 0.15) is 58.8 Å². The molecule has 0 bridgehead atoms. The first-order chi connectivity index (χ1) is 8.16. The van der Waals surface area contributed by atoms with E-state index in [1.165, 1.54) is 25.7 Å². The van der Waals surface area contributed by atoms with Crippen molar-refractivity contribution in [2.24, 2.45) is 5.92 Å². The highest BCUT2D eigenvalue weighted by Crippen LogP contribution is 2.25. The van der Waals surface area contributed by atoms with Crippen molar-refractivity contribution in [2.75, 3.05) is 11.9 Å². The Morgan fingerprint density at radius 3 is 2.29 bits per heavy atom. The van der Waals surface area contributed by atoms with Crippen molar-refractivity contribution in [3.05, 3.63) is 0 Å². The summed E-state index contributed by atoms with van der Waals surface area (Å²) >= 11 is 3.45. The highest BCUT2D eigenvalue weighted by Gasteiger charge is 2.26. The fourth-order valence-corrected chi connectivity index (χ4v) is 2.86. The van der Waals surface area contributed by atoms with E-state index in [2.05, 4.69) is 34.7 Å². The topological polar surface area (TPSA) is 20.3 Å². The van der Waals surface area contributed by atoms with Crippen molar-refractivity contribution in [3.63, 3.8) is 0 Å². The normalized spacial score (nSPS) is 18.1. The first-order valence-corrected chi connectivity index (χ1v) is 8.15. The first-order valence-electron chi connectivity index (χ1n) is 7.03. The summed E-state index contributed by atoms with van der Waals surface area (Å²) in [5.41, 5.74) is 0. The molecule has 0 aromatic carbocycles. The summed E-state index contributed by atoms with van der Waals surface area (Å²) in [6.07, 6.45) is 8.37. The summed E-state index contributed by atoms with van der Waals surface area (Å²) < 4.78 is 0. The summed E-state index contributed by atoms with van der Waals surface area (Å²) in [5, 5.41) is 0.980. The summed E-state index contributed by atoms with van der Waals surface area (Å²) in [7, 11) is 0. The number of rotatable bonds is 5. The van der Waals surface area contributed by atoms with E-state index in [1.54, 1.807) is 0 Å². The fourth-order valence-electron chi connectivity index (χ4n) is 2.61. The molecule has 0 aliphatic heterocycles. The standard InChI is InChI=1S/C14H26BrNO/c1-12(2)16(11-7-10-15)14(17)13-8-5-3-4-6-9-13/h12-13H,3-11H2,1-2H3. The van der Waals surface area contributed by atoms with Crippen LogP contribution in [0, 0.1) is 5.92 Å². The Balaban J connectivity index is 2.55. The number of carbonyl (C=O) groups is 1. The average molecular weight is 304 g/mol. The van der Waals surface area contributed by atoms with Gasteiger partial charge in [0.25, 0.3) is 0 Å². The minimum atomic E-state index is 0.301. The number of amides is 1. The summed E-state index contributed by atoms with van der Waals surface area (Å²) in [4.78, 5) is 14.6. The largest absolute Gasteiger partial charge is 0.340 e. The van der Waals surface area contributed by atoms with Crippen LogP contribution in [-0.2, 0) is 4.79 Å². The maximum atomic E-state index is 12.5. The highest BCUT2D eigenvalue weighted by atomic mass is 79.9. The SMILES string of the molecule is CC(C)N(CCCBr)C(=O)C1CCCCCC1. The van der Waals surface area contributed by atoms with Crippen LogP contribution < -0.4 is 0 Å². The molecule has 17 heavy (non-hydrogen) atoms. The van der Waals surface area contributed by atoms with Crippen molar-refractivity contribution in [3.8, 4) is 0 Å². The maximum absolute atomic E-state index is 12.5. The van der Waals surface area contributed by atoms with E-state index in [9.17, 15) is 4.79 Å². The predicted octanol–water partition coefficient (Wildman–Crippen LogP) is 3.98. The lowest BCUT2D eigenvalue weighted by molar-refractivity contribution is -0.137. The van der Waals surface area contributed by atoms with Gasteiger partial charge in [-0.1, -0.05) is 41.6 Å². The van der Waals surface area contributed by atoms with Gasteiger partial charge in [-0.15, -0.1) is 0 Å². The van der Waals surface area contributed by atoms with Crippen LogP contribution >= 0.6 is 15.9 Å². The monoisotopic (exact) mass is 303 g/mol. The fraction of sp³-hybridized carbons (Fsp3) is 0.929. The van der Waals surface area contributed by atoms with E-state index in [1.807, 2.05) is 0 Å². The average Bonchev–Trinajstić information content (AvgIpc) is 2.57. The third-order valence-electron chi connectivity index (χ3n) is 3.64. The van der Waals surface area contributed by atoms with Crippen molar-refractivity contribution in [1.29, 1.82) is 0 Å². The molecule has 2 nitrogen and oxygen atoms in total. The van der Waals surface area contributed by atoms with Gasteiger partial charge in [0.2, 0.25) is 5.91 Å². The molecule has 1 aliphatic rings. The molecule has 0 spiro atoms. The maximum Gasteiger partial charge on any atom is 0.225 e. The van der Waals surface area contributed by atoms with Crippen LogP contribution in [0.3, 0.4) is 0 Å². The van der Waals surface area contributed by atoms with Crippen molar-refractivity contribution < 1.29 is 4.79 Å². The Labute approximate surface area is 114 Å². The minimum Gasteiger partial charge on any atom is -0.340 e. The molecular weight excluding hydrogens is 278 g/mol. The molecular formula is C14H26BrNO. The van der Waals surface area contributed by atoms with Crippen molar-refractivity contribution >= 4 is 21.8 Å². The van der Waals surface area contributed by atoms with E-state index in [0.29, 0.717) is 17.9 Å². The lowest BCUT2D eigenvalue weighted by Crippen LogP contribution is -2.41. The van der Waals surface area contributed by atoms with Crippen LogP contribution in [-0.4, -0.2) is 28.7 Å². The van der Waals surface area contributed by atoms with E-state index >= 15 is 0 Å². The molecule has 0 radical (unpaired) electrons. The van der Waals surface area contributed by atoms with Gasteiger partial charge in [-0.2, -0.15) is 0 Å². The Morgan fingerprint density at radius 2 is 1.82 bits per heavy atom. The zero-order chi connectivity index (χ0) is 12.7. The van der Waals surface area contributed by atoms with Gasteiger partial charge in [0.05, 0.1) is 0 Å². The lowest BCUT2D eigenvalue weighted by atomic mass is 9.98. The number of alkyl halides is 1. The van der Waals surface area contributed by atoms with Crippen LogP contribution in [0.2, 0.25) is 0 Å². The molecule has 0 aromatic heterocycles. The smallest absolute Gasteiger partial charge is 0.225 e. The quantitative estimate of drug-likeness (QED) is 0.556. The third-order valence-corrected chi connectivity index (χ3v) is 4.20. The number of hydrogen-bond acceptors (Lipinski definition) is 1. The Bertz CT molecular complexity index is 222. The molecule has 0 saturated heterocycles. The van der Waals surface area contributed by atoms with Gasteiger partial charge >= 0.3 is 0 Å². The van der Waals surface area contributed by atoms with Crippen LogP contribution in [0.25, 0.3) is 0 Å². The molecule has 0 unspecified atom stereocenters. The summed E-state index contributed by atoms with van der Waals surface area (Å²) in [6.45, 7) is 5.16. The van der Waals surface area contributed by atoms with Gasteiger partial charge in [0.15, 0.2) is 0 Å². The second-order valence-electron chi connectivity index (χ2n) is 5.36. The molecule has 0 aromatic rings. The van der Waals surface area contributed by atoms with Gasteiger partial charge < -0.3 is 4.90 Å². The van der Waals surface area contributed by atoms with Gasteiger partial charge in [-0.25, -0.2) is 0 Å². The van der Waals surface area contributed by atoms with E-state index in [-0.39, 0.29) is 0 Å². The molecule has 0 N–H and O–H groups in total. The Kier molecular flexibility index (Phi) is 7.17. The Hall–Kier alpha value is -0.0500. The molecule has 1 fully saturated rings. The van der Waals surface area contributed by atoms with E-state index in [4.69, 9.17) is 0 Å². The number of nitrogens with zero attached hydrogens (tertiary/aromatic N) is 1. The molecule has 1 aliphatic carbocycles. The zero-order valence-electron chi connectivity index (χ0n) is 11.3. The second kappa shape index (κ2) is 8.12. The number of hydrogen-bond donors (Lipinski definition) is 0. The molecule has 0 atom stereocenters. The molecule has 3 heteroatoms. The molecule has 1 saturated carbocycles. The van der Waals surface area contributed by atoms with E-state index < -0.39 is 0 Å². The van der Waals surface area contributed by atoms with Crippen LogP contribution in [0.4, 0.5) is 0 Å². The summed E-state index contributed by atoms with van der Waals surface area (Å²) in [5.74, 6) is 0.707. The molecule has 1 amide bonds. The Morgan fingerprint density at radius 1 is 1.24 bits per heavy atom. The minimum absolute atomic E-state index is 0.301. The lowest BCUT2D eigenvalue weighted by Gasteiger charge is -2.30. The van der Waals surface area contributed by atoms with Gasteiger partial charge in [0, 0.05) is 23.8 Å². The third kappa shape index (κ3) is 4.99. The highest BCUT2D eigenvalue weighted by molar-refractivity contribution is 9.09. The number of halogens is 1. The predicted molar refractivity (Wildman–Crippen MR) is 76.5 cm³/mol. The first kappa shape index (κ1) is 15.0. The zero-order valence-corrected chi connectivity index (χ0v) is 12.8. The van der Waals surface area contributed by atoms with Crippen LogP contribution in [0.5, 0.6) is 0 Å². The number of carbonyl (C=O) groups excluding carboxylic acids is 1. The van der Waals surface area contributed by atoms with Gasteiger partial charge in [-0.05, 0) is 33.1 Å². The molecule has 1 rings (SSSR count). The van der Waals surface area contributed by atoms with Gasteiger partial charge in [0.1, 0.15) is 0 Å². The summed E-state index contributed by atoms with van der Waals surface area (Å²) in [6, 6.07) is 0.338.